The van der Waals surface area contributed by atoms with Crippen molar-refractivity contribution in [2.45, 2.75) is 31.0 Å². The zero-order valence-corrected chi connectivity index (χ0v) is 15.9. The Hall–Kier alpha value is -1.64. The van der Waals surface area contributed by atoms with Crippen LogP contribution >= 0.6 is 12.4 Å². The smallest absolute Gasteiger partial charge is 0.275 e. The normalized spacial score (nSPS) is 17.4. The number of carbonyl (C=O) groups excluding carboxylic acids is 1. The van der Waals surface area contributed by atoms with Crippen molar-refractivity contribution in [3.8, 4) is 0 Å². The van der Waals surface area contributed by atoms with Gasteiger partial charge in [0.15, 0.2) is 5.69 Å². The summed E-state index contributed by atoms with van der Waals surface area (Å²) in [5, 5.41) is 3.17. The van der Waals surface area contributed by atoms with Crippen LogP contribution in [0.25, 0.3) is 5.52 Å². The molecule has 1 unspecified atom stereocenters. The number of fused-ring (bicyclic) bond motifs is 1. The summed E-state index contributed by atoms with van der Waals surface area (Å²) in [4.78, 5) is 19.1. The van der Waals surface area contributed by atoms with E-state index in [-0.39, 0.29) is 35.2 Å². The second-order valence-electron chi connectivity index (χ2n) is 6.12. The maximum absolute atomic E-state index is 13.1. The van der Waals surface area contributed by atoms with E-state index in [1.807, 2.05) is 11.8 Å². The van der Waals surface area contributed by atoms with E-state index in [1.165, 1.54) is 4.40 Å². The molecule has 0 spiro atoms. The van der Waals surface area contributed by atoms with Gasteiger partial charge in [0.2, 0.25) is 15.0 Å². The molecule has 1 saturated heterocycles. The Morgan fingerprint density at radius 1 is 1.44 bits per heavy atom. The molecule has 1 amide bonds. The SMILES string of the molecule is CCCN(C(=O)c1nc(S(C)(=O)=O)n2ccccc12)C1CCNC1.Cl. The van der Waals surface area contributed by atoms with Crippen molar-refractivity contribution < 1.29 is 13.2 Å². The fourth-order valence-corrected chi connectivity index (χ4v) is 3.93. The number of imidazole rings is 1. The first-order valence-corrected chi connectivity index (χ1v) is 10.0. The van der Waals surface area contributed by atoms with Crippen LogP contribution in [0.15, 0.2) is 29.6 Å². The highest BCUT2D eigenvalue weighted by Crippen LogP contribution is 2.21. The number of hydrogen-bond acceptors (Lipinski definition) is 5. The van der Waals surface area contributed by atoms with Crippen LogP contribution in [0, 0.1) is 0 Å². The van der Waals surface area contributed by atoms with Crippen LogP contribution in [0.4, 0.5) is 0 Å². The molecule has 0 bridgehead atoms. The van der Waals surface area contributed by atoms with Gasteiger partial charge in [0.1, 0.15) is 0 Å². The number of aromatic nitrogens is 2. The third kappa shape index (κ3) is 3.80. The zero-order chi connectivity index (χ0) is 17.3. The van der Waals surface area contributed by atoms with Crippen LogP contribution in [-0.2, 0) is 9.84 Å². The van der Waals surface area contributed by atoms with Gasteiger partial charge in [0.25, 0.3) is 5.91 Å². The number of rotatable bonds is 5. The lowest BCUT2D eigenvalue weighted by molar-refractivity contribution is 0.0688. The first-order chi connectivity index (χ1) is 11.4. The topological polar surface area (TPSA) is 83.8 Å². The van der Waals surface area contributed by atoms with E-state index in [1.54, 1.807) is 24.4 Å². The molecular formula is C16H23ClN4O3S. The number of carbonyl (C=O) groups is 1. The molecule has 1 aliphatic rings. The van der Waals surface area contributed by atoms with Gasteiger partial charge in [-0.1, -0.05) is 13.0 Å². The molecule has 1 fully saturated rings. The summed E-state index contributed by atoms with van der Waals surface area (Å²) in [5.41, 5.74) is 0.728. The summed E-state index contributed by atoms with van der Waals surface area (Å²) < 4.78 is 25.5. The van der Waals surface area contributed by atoms with Crippen LogP contribution < -0.4 is 5.32 Å². The lowest BCUT2D eigenvalue weighted by atomic mass is 10.2. The van der Waals surface area contributed by atoms with Crippen LogP contribution in [0.1, 0.15) is 30.3 Å². The molecule has 3 rings (SSSR count). The van der Waals surface area contributed by atoms with E-state index < -0.39 is 9.84 Å². The third-order valence-corrected chi connectivity index (χ3v) is 5.20. The number of hydrogen-bond donors (Lipinski definition) is 1. The predicted molar refractivity (Wildman–Crippen MR) is 98.2 cm³/mol. The van der Waals surface area contributed by atoms with Gasteiger partial charge in [-0.05, 0) is 31.5 Å². The summed E-state index contributed by atoms with van der Waals surface area (Å²) >= 11 is 0. The maximum Gasteiger partial charge on any atom is 0.275 e. The summed E-state index contributed by atoms with van der Waals surface area (Å²) in [6, 6.07) is 5.36. The van der Waals surface area contributed by atoms with Gasteiger partial charge >= 0.3 is 0 Å². The largest absolute Gasteiger partial charge is 0.333 e. The molecule has 0 aromatic carbocycles. The van der Waals surface area contributed by atoms with E-state index >= 15 is 0 Å². The van der Waals surface area contributed by atoms with Crippen molar-refractivity contribution in [1.29, 1.82) is 0 Å². The number of sulfone groups is 1. The van der Waals surface area contributed by atoms with Crippen LogP contribution in [0.3, 0.4) is 0 Å². The lowest BCUT2D eigenvalue weighted by Gasteiger charge is -2.27. The summed E-state index contributed by atoms with van der Waals surface area (Å²) in [7, 11) is -3.53. The molecule has 2 aromatic rings. The highest BCUT2D eigenvalue weighted by molar-refractivity contribution is 7.90. The summed E-state index contributed by atoms with van der Waals surface area (Å²) in [6.45, 7) is 4.30. The fraction of sp³-hybridized carbons (Fsp3) is 0.500. The monoisotopic (exact) mass is 386 g/mol. The Bertz CT molecular complexity index is 859. The van der Waals surface area contributed by atoms with E-state index in [0.717, 1.165) is 32.2 Å². The van der Waals surface area contributed by atoms with Gasteiger partial charge in [0, 0.05) is 31.6 Å². The Morgan fingerprint density at radius 3 is 2.80 bits per heavy atom. The number of halogens is 1. The minimum atomic E-state index is -3.53. The second kappa shape index (κ2) is 7.72. The molecule has 0 aliphatic carbocycles. The van der Waals surface area contributed by atoms with Crippen molar-refractivity contribution >= 4 is 33.7 Å². The van der Waals surface area contributed by atoms with Gasteiger partial charge in [-0.15, -0.1) is 12.4 Å². The third-order valence-electron chi connectivity index (χ3n) is 4.25. The van der Waals surface area contributed by atoms with Crippen molar-refractivity contribution in [3.05, 3.63) is 30.1 Å². The lowest BCUT2D eigenvalue weighted by Crippen LogP contribution is -2.42. The molecule has 25 heavy (non-hydrogen) atoms. The number of nitrogens with one attached hydrogen (secondary N) is 1. The van der Waals surface area contributed by atoms with Gasteiger partial charge in [-0.3, -0.25) is 9.20 Å². The van der Waals surface area contributed by atoms with Crippen molar-refractivity contribution in [2.75, 3.05) is 25.9 Å². The molecule has 0 radical (unpaired) electrons. The van der Waals surface area contributed by atoms with Crippen molar-refractivity contribution in [3.63, 3.8) is 0 Å². The first-order valence-electron chi connectivity index (χ1n) is 8.12. The Labute approximate surface area is 153 Å². The fourth-order valence-electron chi connectivity index (χ4n) is 3.16. The summed E-state index contributed by atoms with van der Waals surface area (Å²) in [6.07, 6.45) is 4.47. The Morgan fingerprint density at radius 2 is 2.20 bits per heavy atom. The predicted octanol–water partition coefficient (Wildman–Crippen LogP) is 1.37. The van der Waals surface area contributed by atoms with E-state index in [9.17, 15) is 13.2 Å². The molecule has 9 heteroatoms. The van der Waals surface area contributed by atoms with Crippen LogP contribution in [-0.4, -0.2) is 60.5 Å². The number of pyridine rings is 1. The second-order valence-corrected chi connectivity index (χ2v) is 8.03. The van der Waals surface area contributed by atoms with Gasteiger partial charge in [0.05, 0.1) is 5.52 Å². The van der Waals surface area contributed by atoms with Crippen molar-refractivity contribution in [2.24, 2.45) is 0 Å². The van der Waals surface area contributed by atoms with E-state index in [0.29, 0.717) is 12.1 Å². The molecule has 3 heterocycles. The molecule has 1 atom stereocenters. The maximum atomic E-state index is 13.1. The quantitative estimate of drug-likeness (QED) is 0.839. The molecule has 1 N–H and O–H groups in total. The first kappa shape index (κ1) is 19.7. The Balaban J connectivity index is 0.00000225. The van der Waals surface area contributed by atoms with Gasteiger partial charge in [-0.2, -0.15) is 0 Å². The molecule has 7 nitrogen and oxygen atoms in total. The van der Waals surface area contributed by atoms with Gasteiger partial charge < -0.3 is 10.2 Å². The molecule has 138 valence electrons. The average Bonchev–Trinajstić information content (AvgIpc) is 3.19. The number of nitrogens with zero attached hydrogens (tertiary/aromatic N) is 3. The highest BCUT2D eigenvalue weighted by atomic mass is 35.5. The molecular weight excluding hydrogens is 364 g/mol. The van der Waals surface area contributed by atoms with Crippen LogP contribution in [0.2, 0.25) is 0 Å². The minimum Gasteiger partial charge on any atom is -0.333 e. The van der Waals surface area contributed by atoms with Crippen LogP contribution in [0.5, 0.6) is 0 Å². The molecule has 2 aromatic heterocycles. The molecule has 1 aliphatic heterocycles. The summed E-state index contributed by atoms with van der Waals surface area (Å²) in [5.74, 6) is -0.204. The van der Waals surface area contributed by atoms with E-state index in [2.05, 4.69) is 10.3 Å². The standard InChI is InChI=1S/C16H22N4O3S.ClH/c1-3-9-19(12-7-8-17-11-12)15(21)14-13-6-4-5-10-20(13)16(18-14)24(2,22)23;/h4-6,10,12,17H,3,7-9,11H2,1-2H3;1H. The average molecular weight is 387 g/mol. The van der Waals surface area contributed by atoms with E-state index in [4.69, 9.17) is 0 Å². The molecule has 0 saturated carbocycles. The highest BCUT2D eigenvalue weighted by Gasteiger charge is 2.31. The van der Waals surface area contributed by atoms with Gasteiger partial charge in [-0.25, -0.2) is 13.4 Å². The number of amides is 1. The minimum absolute atomic E-state index is 0. The van der Waals surface area contributed by atoms with Crippen molar-refractivity contribution in [1.82, 2.24) is 19.6 Å². The Kier molecular flexibility index (Phi) is 6.08. The zero-order valence-electron chi connectivity index (χ0n) is 14.3.